The maximum atomic E-state index is 14.3. The molecular formula is C24H19F2N3O3S2. The molecule has 0 fully saturated rings. The number of carboxylic acids is 1. The van der Waals surface area contributed by atoms with E-state index in [1.54, 1.807) is 32.0 Å². The second-order valence-electron chi connectivity index (χ2n) is 8.11. The Morgan fingerprint density at radius 2 is 1.88 bits per heavy atom. The van der Waals surface area contributed by atoms with Gasteiger partial charge in [-0.25, -0.2) is 13.6 Å². The van der Waals surface area contributed by atoms with Crippen molar-refractivity contribution in [2.24, 2.45) is 5.41 Å². The number of benzene rings is 2. The Labute approximate surface area is 201 Å². The fourth-order valence-corrected chi connectivity index (χ4v) is 5.50. The van der Waals surface area contributed by atoms with E-state index in [2.05, 4.69) is 15.5 Å². The van der Waals surface area contributed by atoms with Gasteiger partial charge in [-0.2, -0.15) is 0 Å². The highest BCUT2D eigenvalue weighted by Gasteiger charge is 2.40. The molecule has 1 atom stereocenters. The molecule has 2 N–H and O–H groups in total. The largest absolute Gasteiger partial charge is 0.478 e. The van der Waals surface area contributed by atoms with Crippen molar-refractivity contribution in [1.29, 1.82) is 0 Å². The van der Waals surface area contributed by atoms with Crippen molar-refractivity contribution in [2.45, 2.75) is 19.8 Å². The highest BCUT2D eigenvalue weighted by molar-refractivity contribution is 7.15. The number of carboxylic acid groups (broad SMARTS) is 1. The van der Waals surface area contributed by atoms with E-state index in [9.17, 15) is 18.4 Å². The first-order chi connectivity index (χ1) is 16.2. The van der Waals surface area contributed by atoms with Gasteiger partial charge in [0.05, 0.1) is 11.0 Å². The molecule has 2 aromatic heterocycles. The topological polar surface area (TPSA) is 92.2 Å². The Balaban J connectivity index is 1.75. The van der Waals surface area contributed by atoms with Crippen LogP contribution in [0.5, 0.6) is 0 Å². The minimum atomic E-state index is -1.34. The summed E-state index contributed by atoms with van der Waals surface area (Å²) < 4.78 is 28.4. The number of hydrogen-bond donors (Lipinski definition) is 2. The quantitative estimate of drug-likeness (QED) is 0.323. The standard InChI is InChI=1S/C24H19F2N3O3S2/c1-24(2,22(32)28-23-29-27-12-33-23)20(14-4-3-5-15(25)10-14)19-9-8-18(34-19)13-6-7-16(21(30)31)17(26)11-13/h3-12,20H,1-2H3,(H,30,31)(H,28,29,32)/t20-/m1/s1. The molecule has 174 valence electrons. The molecule has 0 saturated heterocycles. The zero-order chi connectivity index (χ0) is 24.5. The van der Waals surface area contributed by atoms with Gasteiger partial charge >= 0.3 is 5.97 Å². The summed E-state index contributed by atoms with van der Waals surface area (Å²) in [7, 11) is 0. The highest BCUT2D eigenvalue weighted by Crippen LogP contribution is 2.46. The van der Waals surface area contributed by atoms with Crippen LogP contribution in [-0.2, 0) is 4.79 Å². The lowest BCUT2D eigenvalue weighted by Crippen LogP contribution is -2.36. The van der Waals surface area contributed by atoms with Crippen LogP contribution in [0.25, 0.3) is 10.4 Å². The molecule has 1 amide bonds. The van der Waals surface area contributed by atoms with Crippen molar-refractivity contribution < 1.29 is 23.5 Å². The molecule has 0 saturated carbocycles. The van der Waals surface area contributed by atoms with Crippen LogP contribution in [0.2, 0.25) is 0 Å². The van der Waals surface area contributed by atoms with Crippen LogP contribution in [0, 0.1) is 17.0 Å². The van der Waals surface area contributed by atoms with Crippen molar-refractivity contribution in [3.8, 4) is 10.4 Å². The SMILES string of the molecule is CC(C)(C(=O)Nc1nncs1)[C@H](c1cccc(F)c1)c1ccc(-c2ccc(C(=O)O)c(F)c2)s1. The fraction of sp³-hybridized carbons (Fsp3) is 0.167. The van der Waals surface area contributed by atoms with Crippen LogP contribution in [0.15, 0.2) is 60.1 Å². The van der Waals surface area contributed by atoms with Crippen molar-refractivity contribution in [1.82, 2.24) is 10.2 Å². The summed E-state index contributed by atoms with van der Waals surface area (Å²) in [6.07, 6.45) is 0. The summed E-state index contributed by atoms with van der Waals surface area (Å²) in [5, 5.41) is 19.8. The summed E-state index contributed by atoms with van der Waals surface area (Å²) in [6.45, 7) is 3.53. The van der Waals surface area contributed by atoms with Crippen LogP contribution in [0.3, 0.4) is 0 Å². The van der Waals surface area contributed by atoms with Gasteiger partial charge in [-0.3, -0.25) is 4.79 Å². The van der Waals surface area contributed by atoms with E-state index in [-0.39, 0.29) is 5.91 Å². The number of halogens is 2. The Morgan fingerprint density at radius 1 is 1.09 bits per heavy atom. The van der Waals surface area contributed by atoms with E-state index >= 15 is 0 Å². The van der Waals surface area contributed by atoms with E-state index < -0.39 is 34.5 Å². The van der Waals surface area contributed by atoms with E-state index in [1.165, 1.54) is 58.5 Å². The molecule has 0 bridgehead atoms. The summed E-state index contributed by atoms with van der Waals surface area (Å²) in [5.74, 6) is -3.45. The van der Waals surface area contributed by atoms with Gasteiger partial charge in [0.25, 0.3) is 0 Å². The summed E-state index contributed by atoms with van der Waals surface area (Å²) in [5.41, 5.74) is 1.19. The van der Waals surface area contributed by atoms with Crippen LogP contribution in [0.1, 0.15) is 40.6 Å². The average Bonchev–Trinajstić information content (AvgIpc) is 3.46. The number of anilines is 1. The Hall–Kier alpha value is -3.50. The van der Waals surface area contributed by atoms with Crippen LogP contribution in [-0.4, -0.2) is 27.2 Å². The summed E-state index contributed by atoms with van der Waals surface area (Å²) in [4.78, 5) is 25.8. The van der Waals surface area contributed by atoms with Gasteiger partial charge in [0.15, 0.2) is 0 Å². The molecule has 34 heavy (non-hydrogen) atoms. The van der Waals surface area contributed by atoms with Gasteiger partial charge in [0.1, 0.15) is 17.1 Å². The second kappa shape index (κ2) is 9.40. The number of rotatable bonds is 7. The van der Waals surface area contributed by atoms with E-state index in [1.807, 2.05) is 6.07 Å². The number of nitrogens with zero attached hydrogens (tertiary/aromatic N) is 2. The summed E-state index contributed by atoms with van der Waals surface area (Å²) in [6, 6.07) is 13.6. The van der Waals surface area contributed by atoms with Crippen LogP contribution in [0.4, 0.5) is 13.9 Å². The zero-order valence-electron chi connectivity index (χ0n) is 18.1. The summed E-state index contributed by atoms with van der Waals surface area (Å²) >= 11 is 2.52. The molecule has 4 rings (SSSR count). The molecule has 10 heteroatoms. The van der Waals surface area contributed by atoms with Gasteiger partial charge in [-0.1, -0.05) is 43.4 Å². The first kappa shape index (κ1) is 23.7. The Bertz CT molecular complexity index is 1350. The van der Waals surface area contributed by atoms with Crippen LogP contribution < -0.4 is 5.32 Å². The Morgan fingerprint density at radius 3 is 2.53 bits per heavy atom. The number of carbonyl (C=O) groups is 2. The third-order valence-electron chi connectivity index (χ3n) is 5.46. The maximum absolute atomic E-state index is 14.3. The van der Waals surface area contributed by atoms with Gasteiger partial charge in [-0.15, -0.1) is 21.5 Å². The highest BCUT2D eigenvalue weighted by atomic mass is 32.1. The van der Waals surface area contributed by atoms with Crippen LogP contribution >= 0.6 is 22.7 Å². The number of nitrogens with one attached hydrogen (secondary N) is 1. The van der Waals surface area contributed by atoms with Crippen molar-refractivity contribution in [3.63, 3.8) is 0 Å². The number of aromatic carboxylic acids is 1. The molecule has 0 radical (unpaired) electrons. The minimum Gasteiger partial charge on any atom is -0.478 e. The van der Waals surface area contributed by atoms with Gasteiger partial charge < -0.3 is 10.4 Å². The second-order valence-corrected chi connectivity index (χ2v) is 10.1. The monoisotopic (exact) mass is 499 g/mol. The molecule has 0 aliphatic rings. The minimum absolute atomic E-state index is 0.315. The van der Waals surface area contributed by atoms with E-state index in [0.29, 0.717) is 21.1 Å². The number of carbonyl (C=O) groups excluding carboxylic acids is 1. The average molecular weight is 500 g/mol. The molecule has 4 aromatic rings. The number of aromatic nitrogens is 2. The molecule has 0 aliphatic carbocycles. The molecule has 0 unspecified atom stereocenters. The van der Waals surface area contributed by atoms with E-state index in [0.717, 1.165) is 4.88 Å². The molecule has 2 heterocycles. The number of amides is 1. The Kier molecular flexibility index (Phi) is 6.54. The molecule has 6 nitrogen and oxygen atoms in total. The lowest BCUT2D eigenvalue weighted by atomic mass is 9.73. The van der Waals surface area contributed by atoms with Gasteiger partial charge in [0.2, 0.25) is 11.0 Å². The first-order valence-electron chi connectivity index (χ1n) is 10.1. The molecule has 2 aromatic carbocycles. The molecule has 0 spiro atoms. The lowest BCUT2D eigenvalue weighted by Gasteiger charge is -2.32. The van der Waals surface area contributed by atoms with Crippen molar-refractivity contribution in [3.05, 3.63) is 87.7 Å². The predicted octanol–water partition coefficient (Wildman–Crippen LogP) is 6.04. The third-order valence-corrected chi connectivity index (χ3v) is 7.27. The first-order valence-corrected chi connectivity index (χ1v) is 11.8. The fourth-order valence-electron chi connectivity index (χ4n) is 3.74. The maximum Gasteiger partial charge on any atom is 0.338 e. The van der Waals surface area contributed by atoms with Gasteiger partial charge in [0, 0.05) is 15.7 Å². The van der Waals surface area contributed by atoms with Crippen molar-refractivity contribution >= 4 is 39.7 Å². The van der Waals surface area contributed by atoms with Gasteiger partial charge in [-0.05, 0) is 47.5 Å². The molecular weight excluding hydrogens is 480 g/mol. The smallest absolute Gasteiger partial charge is 0.338 e. The van der Waals surface area contributed by atoms with Crippen molar-refractivity contribution in [2.75, 3.05) is 5.32 Å². The normalized spacial score (nSPS) is 12.4. The molecule has 0 aliphatic heterocycles. The number of hydrogen-bond acceptors (Lipinski definition) is 6. The zero-order valence-corrected chi connectivity index (χ0v) is 19.7. The number of thiophene rings is 1. The lowest BCUT2D eigenvalue weighted by molar-refractivity contribution is -0.124. The predicted molar refractivity (Wildman–Crippen MR) is 127 cm³/mol. The van der Waals surface area contributed by atoms with E-state index in [4.69, 9.17) is 5.11 Å². The third kappa shape index (κ3) is 4.73.